The summed E-state index contributed by atoms with van der Waals surface area (Å²) in [6.45, 7) is 8.08. The van der Waals surface area contributed by atoms with E-state index in [-0.39, 0.29) is 50.7 Å². The van der Waals surface area contributed by atoms with Crippen molar-refractivity contribution in [3.05, 3.63) is 18.1 Å². The summed E-state index contributed by atoms with van der Waals surface area (Å²) in [5.74, 6) is 3.92. The van der Waals surface area contributed by atoms with Gasteiger partial charge in [0.25, 0.3) is 0 Å². The molecule has 0 aromatic carbocycles. The van der Waals surface area contributed by atoms with Crippen molar-refractivity contribution in [1.29, 1.82) is 0 Å². The first-order chi connectivity index (χ1) is 24.9. The molecule has 0 aliphatic carbocycles. The largest absolute Gasteiger partial charge is 0.463 e. The number of carbonyl (C=O) groups excluding carboxylic acids is 4. The number of nitrogens with zero attached hydrogens (tertiary/aromatic N) is 3. The molecule has 0 bridgehead atoms. The fourth-order valence-electron chi connectivity index (χ4n) is 6.13. The Balaban J connectivity index is 1.17. The molecule has 286 valence electrons. The first kappa shape index (κ1) is 40.4. The van der Waals surface area contributed by atoms with Gasteiger partial charge in [0.15, 0.2) is 12.4 Å². The molecule has 0 saturated carbocycles. The predicted octanol–water partition coefficient (Wildman–Crippen LogP) is 1.53. The second kappa shape index (κ2) is 19.5. The van der Waals surface area contributed by atoms with Gasteiger partial charge in [-0.2, -0.15) is 0 Å². The van der Waals surface area contributed by atoms with E-state index in [4.69, 9.17) is 38.9 Å². The molecule has 0 unspecified atom stereocenters. The van der Waals surface area contributed by atoms with Crippen molar-refractivity contribution in [2.24, 2.45) is 5.92 Å². The van der Waals surface area contributed by atoms with Crippen LogP contribution in [-0.4, -0.2) is 113 Å². The summed E-state index contributed by atoms with van der Waals surface area (Å²) in [6.07, 6.45) is 0.740. The van der Waals surface area contributed by atoms with Crippen molar-refractivity contribution in [3.8, 4) is 11.8 Å². The molecule has 17 nitrogen and oxygen atoms in total. The zero-order valence-corrected chi connectivity index (χ0v) is 30.2. The normalized spacial score (nSPS) is 25.6. The summed E-state index contributed by atoms with van der Waals surface area (Å²) in [4.78, 5) is 55.9. The van der Waals surface area contributed by atoms with E-state index >= 15 is 0 Å². The number of rotatable bonds is 16. The number of anilines is 1. The van der Waals surface area contributed by atoms with Gasteiger partial charge in [0.2, 0.25) is 5.91 Å². The Kier molecular flexibility index (Phi) is 15.1. The first-order valence-electron chi connectivity index (χ1n) is 17.4. The lowest BCUT2D eigenvalue weighted by Crippen LogP contribution is -2.58. The molecule has 4 N–H and O–H groups in total. The molecule has 0 radical (unpaired) electrons. The van der Waals surface area contributed by atoms with E-state index in [9.17, 15) is 24.3 Å². The van der Waals surface area contributed by atoms with Crippen molar-refractivity contribution >= 4 is 40.7 Å². The summed E-state index contributed by atoms with van der Waals surface area (Å²) in [6, 6.07) is 0. The van der Waals surface area contributed by atoms with Gasteiger partial charge >= 0.3 is 17.9 Å². The standard InChI is InChI=1S/C35H49N5O12/c1-6-26-25(44)16-29(51-26)40-17-24(30-33(36)38-19-39-34(30)40)10-9-13-46-15-12-37-28(45)11-7-8-14-47-35-20(2)31(49-22(4)42)32(50-23(5)43)27(52-35)18-48-21(3)41/h17,19-20,25-27,29,31-32,35,44H,6-8,11-16,18H2,1-5H3,(H,37,45)(H2,36,38,39)/t20-,25+,26-,27-,29-,31-,32+,35-/m1/s1. The highest BCUT2D eigenvalue weighted by Crippen LogP contribution is 2.35. The van der Waals surface area contributed by atoms with Crippen LogP contribution >= 0.6 is 0 Å². The van der Waals surface area contributed by atoms with Crippen molar-refractivity contribution < 1.29 is 57.4 Å². The Bertz CT molecular complexity index is 1610. The van der Waals surface area contributed by atoms with E-state index < -0.39 is 60.8 Å². The number of esters is 3. The number of hydrogen-bond donors (Lipinski definition) is 3. The molecule has 4 rings (SSSR count). The third-order valence-electron chi connectivity index (χ3n) is 8.60. The minimum absolute atomic E-state index is 0.118. The number of carbonyl (C=O) groups is 4. The zero-order valence-electron chi connectivity index (χ0n) is 30.2. The maximum atomic E-state index is 12.4. The van der Waals surface area contributed by atoms with Crippen LogP contribution in [-0.2, 0) is 52.3 Å². The lowest BCUT2D eigenvalue weighted by Gasteiger charge is -2.43. The summed E-state index contributed by atoms with van der Waals surface area (Å²) in [5.41, 5.74) is 7.34. The number of fused-ring (bicyclic) bond motifs is 1. The average molecular weight is 732 g/mol. The van der Waals surface area contributed by atoms with Crippen LogP contribution < -0.4 is 11.1 Å². The SMILES string of the molecule is CC[C@H]1O[C@@H](n2cc(C#CCOCCNC(=O)CCCCO[C@@H]3O[C@H](COC(C)=O)[C@H](OC(C)=O)[C@H](OC(C)=O)[C@H]3C)c3c(N)ncnc32)C[C@@H]1O. The van der Waals surface area contributed by atoms with Crippen LogP contribution in [0.2, 0.25) is 0 Å². The highest BCUT2D eigenvalue weighted by atomic mass is 16.7. The molecular weight excluding hydrogens is 682 g/mol. The Labute approximate surface area is 302 Å². The molecule has 2 aliphatic heterocycles. The number of hydrogen-bond acceptors (Lipinski definition) is 15. The summed E-state index contributed by atoms with van der Waals surface area (Å²) >= 11 is 0. The second-order valence-electron chi connectivity index (χ2n) is 12.6. The Morgan fingerprint density at radius 3 is 2.48 bits per heavy atom. The van der Waals surface area contributed by atoms with E-state index in [1.54, 1.807) is 13.1 Å². The molecule has 0 spiro atoms. The smallest absolute Gasteiger partial charge is 0.303 e. The number of aliphatic hydroxyl groups excluding tert-OH is 1. The van der Waals surface area contributed by atoms with Gasteiger partial charge in [0.05, 0.1) is 29.8 Å². The predicted molar refractivity (Wildman–Crippen MR) is 183 cm³/mol. The fourth-order valence-corrected chi connectivity index (χ4v) is 6.13. The van der Waals surface area contributed by atoms with Gasteiger partial charge < -0.3 is 53.9 Å². The second-order valence-corrected chi connectivity index (χ2v) is 12.6. The van der Waals surface area contributed by atoms with Crippen LogP contribution in [0.3, 0.4) is 0 Å². The van der Waals surface area contributed by atoms with Gasteiger partial charge in [-0.05, 0) is 19.3 Å². The van der Waals surface area contributed by atoms with Crippen molar-refractivity contribution in [1.82, 2.24) is 19.9 Å². The van der Waals surface area contributed by atoms with Crippen molar-refractivity contribution in [3.63, 3.8) is 0 Å². The first-order valence-corrected chi connectivity index (χ1v) is 17.4. The van der Waals surface area contributed by atoms with E-state index in [1.807, 2.05) is 11.5 Å². The molecule has 2 aromatic heterocycles. The molecular formula is C35H49N5O12. The van der Waals surface area contributed by atoms with E-state index in [2.05, 4.69) is 27.1 Å². The number of nitrogens with two attached hydrogens (primary N) is 1. The summed E-state index contributed by atoms with van der Waals surface area (Å²) in [7, 11) is 0. The molecule has 4 heterocycles. The van der Waals surface area contributed by atoms with E-state index in [0.29, 0.717) is 48.8 Å². The van der Waals surface area contributed by atoms with E-state index in [1.165, 1.54) is 27.1 Å². The fraction of sp³-hybridized carbons (Fsp3) is 0.657. The quantitative estimate of drug-likeness (QED) is 0.0964. The van der Waals surface area contributed by atoms with Crippen LogP contribution in [0.15, 0.2) is 12.5 Å². The van der Waals surface area contributed by atoms with Gasteiger partial charge in [0, 0.05) is 58.9 Å². The van der Waals surface area contributed by atoms with Gasteiger partial charge in [0.1, 0.15) is 49.4 Å². The van der Waals surface area contributed by atoms with E-state index in [0.717, 1.165) is 0 Å². The number of ether oxygens (including phenoxy) is 7. The number of nitrogen functional groups attached to an aromatic ring is 1. The number of unbranched alkanes of at least 4 members (excludes halogenated alkanes) is 1. The van der Waals surface area contributed by atoms with Gasteiger partial charge in [-0.25, -0.2) is 9.97 Å². The summed E-state index contributed by atoms with van der Waals surface area (Å²) < 4.78 is 41.3. The molecule has 2 aromatic rings. The number of aliphatic hydroxyl groups is 1. The molecule has 2 aliphatic rings. The number of aromatic nitrogens is 3. The van der Waals surface area contributed by atoms with Gasteiger partial charge in [-0.3, -0.25) is 19.2 Å². The van der Waals surface area contributed by atoms with Crippen molar-refractivity contribution in [2.45, 2.75) is 110 Å². The minimum atomic E-state index is -1.000. The van der Waals surface area contributed by atoms with Crippen LogP contribution in [0.5, 0.6) is 0 Å². The average Bonchev–Trinajstić information content (AvgIpc) is 3.66. The Hall–Kier alpha value is -4.34. The monoisotopic (exact) mass is 731 g/mol. The highest BCUT2D eigenvalue weighted by Gasteiger charge is 2.48. The highest BCUT2D eigenvalue weighted by molar-refractivity contribution is 5.92. The number of amides is 1. The van der Waals surface area contributed by atoms with Gasteiger partial charge in [-0.15, -0.1) is 0 Å². The third-order valence-corrected chi connectivity index (χ3v) is 8.60. The number of nitrogens with one attached hydrogen (secondary N) is 1. The topological polar surface area (TPSA) is 222 Å². The molecule has 1 amide bonds. The van der Waals surface area contributed by atoms with Crippen LogP contribution in [0, 0.1) is 17.8 Å². The molecule has 2 fully saturated rings. The summed E-state index contributed by atoms with van der Waals surface area (Å²) in [5, 5.41) is 13.7. The molecule has 2 saturated heterocycles. The lowest BCUT2D eigenvalue weighted by atomic mass is 9.92. The molecule has 52 heavy (non-hydrogen) atoms. The van der Waals surface area contributed by atoms with Gasteiger partial charge in [-0.1, -0.05) is 25.7 Å². The van der Waals surface area contributed by atoms with Crippen LogP contribution in [0.1, 0.15) is 78.5 Å². The minimum Gasteiger partial charge on any atom is -0.463 e. The molecule has 17 heteroatoms. The maximum absolute atomic E-state index is 12.4. The Morgan fingerprint density at radius 1 is 1.04 bits per heavy atom. The lowest BCUT2D eigenvalue weighted by molar-refractivity contribution is -0.288. The zero-order chi connectivity index (χ0) is 37.8. The van der Waals surface area contributed by atoms with Crippen LogP contribution in [0.4, 0.5) is 5.82 Å². The third kappa shape index (κ3) is 11.1. The van der Waals surface area contributed by atoms with Crippen molar-refractivity contribution in [2.75, 3.05) is 38.7 Å². The van der Waals surface area contributed by atoms with Crippen LogP contribution in [0.25, 0.3) is 11.0 Å². The Morgan fingerprint density at radius 2 is 1.79 bits per heavy atom. The maximum Gasteiger partial charge on any atom is 0.303 e. The molecule has 8 atom stereocenters.